The fraction of sp³-hybridized carbons (Fsp3) is 0.273. The van der Waals surface area contributed by atoms with Gasteiger partial charge in [0.05, 0.1) is 0 Å². The summed E-state index contributed by atoms with van der Waals surface area (Å²) in [6, 6.07) is 5.09. The van der Waals surface area contributed by atoms with Crippen LogP contribution >= 0.6 is 39.0 Å². The third-order valence-electron chi connectivity index (χ3n) is 2.14. The molecule has 0 fully saturated rings. The third-order valence-corrected chi connectivity index (χ3v) is 4.91. The Kier molecular flexibility index (Phi) is 4.58. The average molecular weight is 348 g/mol. The van der Waals surface area contributed by atoms with Crippen molar-refractivity contribution in [2.75, 3.05) is 19.0 Å². The fourth-order valence-electron chi connectivity index (χ4n) is 1.22. The van der Waals surface area contributed by atoms with Crippen LogP contribution in [0.3, 0.4) is 0 Å². The molecule has 2 aromatic rings. The van der Waals surface area contributed by atoms with Gasteiger partial charge in [0.15, 0.2) is 4.34 Å². The molecule has 0 spiro atoms. The van der Waals surface area contributed by atoms with Crippen LogP contribution in [-0.2, 0) is 5.75 Å². The van der Waals surface area contributed by atoms with Gasteiger partial charge in [0, 0.05) is 24.3 Å². The lowest BCUT2D eigenvalue weighted by Crippen LogP contribution is -2.07. The van der Waals surface area contributed by atoms with Gasteiger partial charge in [0.1, 0.15) is 5.82 Å². The van der Waals surface area contributed by atoms with E-state index in [1.165, 1.54) is 29.2 Å². The van der Waals surface area contributed by atoms with Crippen molar-refractivity contribution in [3.63, 3.8) is 0 Å². The molecule has 0 saturated heterocycles. The van der Waals surface area contributed by atoms with Gasteiger partial charge in [-0.15, -0.1) is 10.2 Å². The first kappa shape index (κ1) is 13.8. The van der Waals surface area contributed by atoms with E-state index in [1.807, 2.05) is 25.1 Å². The van der Waals surface area contributed by atoms with Crippen LogP contribution in [-0.4, -0.2) is 24.3 Å². The molecule has 3 nitrogen and oxygen atoms in total. The van der Waals surface area contributed by atoms with E-state index in [0.717, 1.165) is 13.9 Å². The summed E-state index contributed by atoms with van der Waals surface area (Å²) in [5.74, 6) is 0.357. The number of halogens is 2. The standard InChI is InChI=1S/C11H11BrFN3S2/c1-16(2)10-14-15-11(18-10)17-6-7-3-4-8(12)5-9(7)13/h3-5H,6H2,1-2H3. The molecule has 0 aliphatic heterocycles. The van der Waals surface area contributed by atoms with Crippen molar-refractivity contribution in [2.24, 2.45) is 0 Å². The molecule has 0 atom stereocenters. The first-order valence-corrected chi connectivity index (χ1v) is 7.73. The maximum Gasteiger partial charge on any atom is 0.208 e. The number of benzene rings is 1. The molecule has 1 heterocycles. The first-order chi connectivity index (χ1) is 8.56. The van der Waals surface area contributed by atoms with Gasteiger partial charge in [-0.25, -0.2) is 4.39 Å². The van der Waals surface area contributed by atoms with Gasteiger partial charge in [-0.3, -0.25) is 0 Å². The Morgan fingerprint density at radius 1 is 1.39 bits per heavy atom. The normalized spacial score (nSPS) is 10.7. The first-order valence-electron chi connectivity index (χ1n) is 5.14. The van der Waals surface area contributed by atoms with Crippen LogP contribution in [0.15, 0.2) is 27.0 Å². The Morgan fingerprint density at radius 2 is 2.17 bits per heavy atom. The fourth-order valence-corrected chi connectivity index (χ4v) is 3.30. The van der Waals surface area contributed by atoms with Crippen LogP contribution in [0.5, 0.6) is 0 Å². The van der Waals surface area contributed by atoms with Gasteiger partial charge in [0.2, 0.25) is 5.13 Å². The number of hydrogen-bond donors (Lipinski definition) is 0. The highest BCUT2D eigenvalue weighted by molar-refractivity contribution is 9.10. The smallest absolute Gasteiger partial charge is 0.208 e. The molecular formula is C11H11BrFN3S2. The topological polar surface area (TPSA) is 29.0 Å². The molecule has 0 aliphatic carbocycles. The van der Waals surface area contributed by atoms with Gasteiger partial charge in [-0.1, -0.05) is 45.1 Å². The highest BCUT2D eigenvalue weighted by Crippen LogP contribution is 2.30. The minimum absolute atomic E-state index is 0.200. The maximum atomic E-state index is 13.6. The molecule has 2 rings (SSSR count). The zero-order valence-corrected chi connectivity index (χ0v) is 13.1. The lowest BCUT2D eigenvalue weighted by molar-refractivity contribution is 0.616. The number of rotatable bonds is 4. The van der Waals surface area contributed by atoms with Crippen molar-refractivity contribution in [3.8, 4) is 0 Å². The van der Waals surface area contributed by atoms with Crippen molar-refractivity contribution in [2.45, 2.75) is 10.1 Å². The van der Waals surface area contributed by atoms with Gasteiger partial charge in [-0.05, 0) is 17.7 Å². The molecule has 0 saturated carbocycles. The van der Waals surface area contributed by atoms with Crippen molar-refractivity contribution >= 4 is 44.2 Å². The molecule has 0 aliphatic rings. The van der Waals surface area contributed by atoms with Gasteiger partial charge < -0.3 is 4.90 Å². The molecule has 1 aromatic heterocycles. The summed E-state index contributed by atoms with van der Waals surface area (Å²) in [7, 11) is 3.84. The van der Waals surface area contributed by atoms with E-state index >= 15 is 0 Å². The zero-order valence-electron chi connectivity index (χ0n) is 9.85. The predicted octanol–water partition coefficient (Wildman–Crippen LogP) is 3.80. The summed E-state index contributed by atoms with van der Waals surface area (Å²) < 4.78 is 15.2. The molecule has 7 heteroatoms. The van der Waals surface area contributed by atoms with E-state index in [1.54, 1.807) is 6.07 Å². The Balaban J connectivity index is 2.02. The molecular weight excluding hydrogens is 337 g/mol. The van der Waals surface area contributed by atoms with Crippen LogP contribution in [0, 0.1) is 5.82 Å². The lowest BCUT2D eigenvalue weighted by Gasteiger charge is -2.04. The Bertz CT molecular complexity index is 545. The van der Waals surface area contributed by atoms with Crippen LogP contribution in [0.1, 0.15) is 5.56 Å². The minimum Gasteiger partial charge on any atom is -0.353 e. The Morgan fingerprint density at radius 3 is 2.78 bits per heavy atom. The molecule has 0 N–H and O–H groups in total. The molecule has 18 heavy (non-hydrogen) atoms. The van der Waals surface area contributed by atoms with Crippen LogP contribution in [0.25, 0.3) is 0 Å². The van der Waals surface area contributed by atoms with Crippen molar-refractivity contribution in [3.05, 3.63) is 34.1 Å². The summed E-state index contributed by atoms with van der Waals surface area (Å²) in [4.78, 5) is 1.90. The summed E-state index contributed by atoms with van der Waals surface area (Å²) in [6.07, 6.45) is 0. The minimum atomic E-state index is -0.200. The summed E-state index contributed by atoms with van der Waals surface area (Å²) >= 11 is 6.24. The Labute approximate surface area is 122 Å². The van der Waals surface area contributed by atoms with Crippen LogP contribution in [0.2, 0.25) is 0 Å². The largest absolute Gasteiger partial charge is 0.353 e. The molecule has 0 radical (unpaired) electrons. The lowest BCUT2D eigenvalue weighted by atomic mass is 10.2. The van der Waals surface area contributed by atoms with E-state index in [2.05, 4.69) is 26.1 Å². The van der Waals surface area contributed by atoms with Gasteiger partial charge >= 0.3 is 0 Å². The maximum absolute atomic E-state index is 13.6. The Hall–Kier alpha value is -0.660. The number of aromatic nitrogens is 2. The van der Waals surface area contributed by atoms with E-state index in [4.69, 9.17) is 0 Å². The van der Waals surface area contributed by atoms with Crippen molar-refractivity contribution < 1.29 is 4.39 Å². The molecule has 0 amide bonds. The second-order valence-electron chi connectivity index (χ2n) is 3.77. The number of anilines is 1. The van der Waals surface area contributed by atoms with E-state index in [0.29, 0.717) is 11.3 Å². The monoisotopic (exact) mass is 347 g/mol. The molecule has 96 valence electrons. The average Bonchev–Trinajstić information content (AvgIpc) is 2.76. The van der Waals surface area contributed by atoms with Gasteiger partial charge in [-0.2, -0.15) is 0 Å². The predicted molar refractivity (Wildman–Crippen MR) is 77.9 cm³/mol. The van der Waals surface area contributed by atoms with Crippen LogP contribution < -0.4 is 4.90 Å². The number of thioether (sulfide) groups is 1. The van der Waals surface area contributed by atoms with E-state index in [-0.39, 0.29) is 5.82 Å². The van der Waals surface area contributed by atoms with E-state index < -0.39 is 0 Å². The summed E-state index contributed by atoms with van der Waals surface area (Å²) in [6.45, 7) is 0. The summed E-state index contributed by atoms with van der Waals surface area (Å²) in [5, 5.41) is 8.95. The van der Waals surface area contributed by atoms with Crippen molar-refractivity contribution in [1.29, 1.82) is 0 Å². The second-order valence-corrected chi connectivity index (χ2v) is 6.86. The molecule has 0 unspecified atom stereocenters. The third kappa shape index (κ3) is 3.43. The van der Waals surface area contributed by atoms with Crippen LogP contribution in [0.4, 0.5) is 9.52 Å². The second kappa shape index (κ2) is 5.99. The quantitative estimate of drug-likeness (QED) is 0.786. The SMILES string of the molecule is CN(C)c1nnc(SCc2ccc(Br)cc2F)s1. The van der Waals surface area contributed by atoms with Gasteiger partial charge in [0.25, 0.3) is 0 Å². The number of nitrogens with zero attached hydrogens (tertiary/aromatic N) is 3. The molecule has 1 aromatic carbocycles. The zero-order chi connectivity index (χ0) is 13.1. The highest BCUT2D eigenvalue weighted by atomic mass is 79.9. The molecule has 0 bridgehead atoms. The number of hydrogen-bond acceptors (Lipinski definition) is 5. The summed E-state index contributed by atoms with van der Waals surface area (Å²) in [5.41, 5.74) is 0.671. The van der Waals surface area contributed by atoms with Crippen molar-refractivity contribution in [1.82, 2.24) is 10.2 Å². The van der Waals surface area contributed by atoms with E-state index in [9.17, 15) is 4.39 Å². The highest BCUT2D eigenvalue weighted by Gasteiger charge is 2.08.